The van der Waals surface area contributed by atoms with Crippen molar-refractivity contribution in [3.63, 3.8) is 0 Å². The third kappa shape index (κ3) is 4.90. The van der Waals surface area contributed by atoms with E-state index in [1.165, 1.54) is 16.7 Å². The van der Waals surface area contributed by atoms with Crippen molar-refractivity contribution >= 4 is 40.4 Å². The van der Waals surface area contributed by atoms with Gasteiger partial charge in [0.05, 0.1) is 0 Å². The fourth-order valence-electron chi connectivity index (χ4n) is 4.06. The number of nitrogens with zero attached hydrogens (tertiary/aromatic N) is 2. The molecule has 0 spiro atoms. The molecule has 1 unspecified atom stereocenters. The first kappa shape index (κ1) is 21.0. The van der Waals surface area contributed by atoms with Crippen molar-refractivity contribution in [2.24, 2.45) is 0 Å². The molecule has 1 fully saturated rings. The molecule has 1 heterocycles. The molecule has 0 N–H and O–H groups in total. The number of halogens is 3. The van der Waals surface area contributed by atoms with E-state index in [1.54, 1.807) is 0 Å². The molecule has 2 aromatic carbocycles. The van der Waals surface area contributed by atoms with Crippen LogP contribution in [0, 0.1) is 6.42 Å². The maximum absolute atomic E-state index is 6.61. The maximum atomic E-state index is 6.61. The molecule has 1 atom stereocenters. The molecule has 0 bridgehead atoms. The second-order valence-electron chi connectivity index (χ2n) is 7.72. The number of likely N-dealkylation sites (N-methyl/N-ethyl adjacent to an activating group) is 1. The SMILES string of the molecule is CN1CCN(CC2=C(c3ccc(Cl)cc3)C(c3ccc(Cl)cc3Cl)[CH]C=C2)CC1. The molecule has 2 nitrogen and oxygen atoms in total. The number of piperazine rings is 1. The zero-order chi connectivity index (χ0) is 20.4. The summed E-state index contributed by atoms with van der Waals surface area (Å²) in [7, 11) is 2.18. The Balaban J connectivity index is 1.75. The van der Waals surface area contributed by atoms with Gasteiger partial charge in [0.25, 0.3) is 0 Å². The normalized spacial score (nSPS) is 21.0. The molecule has 1 radical (unpaired) electrons. The van der Waals surface area contributed by atoms with Gasteiger partial charge in [-0.3, -0.25) is 4.90 Å². The highest BCUT2D eigenvalue weighted by Gasteiger charge is 2.26. The Morgan fingerprint density at radius 1 is 0.897 bits per heavy atom. The van der Waals surface area contributed by atoms with E-state index in [2.05, 4.69) is 47.6 Å². The first-order valence-electron chi connectivity index (χ1n) is 9.87. The maximum Gasteiger partial charge on any atom is 0.0459 e. The van der Waals surface area contributed by atoms with Crippen molar-refractivity contribution in [1.82, 2.24) is 9.80 Å². The molecule has 151 valence electrons. The van der Waals surface area contributed by atoms with Gasteiger partial charge >= 0.3 is 0 Å². The van der Waals surface area contributed by atoms with Crippen molar-refractivity contribution in [3.05, 3.63) is 92.8 Å². The van der Waals surface area contributed by atoms with Crippen LogP contribution in [-0.4, -0.2) is 49.6 Å². The summed E-state index contributed by atoms with van der Waals surface area (Å²) in [6.45, 7) is 5.30. The monoisotopic (exact) mass is 445 g/mol. The van der Waals surface area contributed by atoms with Crippen LogP contribution in [0.1, 0.15) is 17.0 Å². The molecular formula is C24H24Cl3N2. The van der Waals surface area contributed by atoms with Gasteiger partial charge in [0, 0.05) is 53.7 Å². The molecule has 0 aromatic heterocycles. The van der Waals surface area contributed by atoms with Crippen LogP contribution in [-0.2, 0) is 0 Å². The third-order valence-corrected chi connectivity index (χ3v) is 6.51. The summed E-state index contributed by atoms with van der Waals surface area (Å²) in [6.07, 6.45) is 6.61. The second kappa shape index (κ2) is 9.24. The summed E-state index contributed by atoms with van der Waals surface area (Å²) in [5, 5.41) is 2.09. The predicted octanol–water partition coefficient (Wildman–Crippen LogP) is 6.21. The Kier molecular flexibility index (Phi) is 6.68. The fraction of sp³-hybridized carbons (Fsp3) is 0.292. The van der Waals surface area contributed by atoms with Crippen molar-refractivity contribution in [2.45, 2.75) is 5.92 Å². The lowest BCUT2D eigenvalue weighted by atomic mass is 9.78. The van der Waals surface area contributed by atoms with E-state index in [0.717, 1.165) is 43.3 Å². The van der Waals surface area contributed by atoms with E-state index in [0.29, 0.717) is 10.0 Å². The molecule has 29 heavy (non-hydrogen) atoms. The Hall–Kier alpha value is -1.29. The molecule has 1 saturated heterocycles. The zero-order valence-corrected chi connectivity index (χ0v) is 18.7. The van der Waals surface area contributed by atoms with Crippen molar-refractivity contribution < 1.29 is 0 Å². The minimum atomic E-state index is 0.0772. The Bertz CT molecular complexity index is 926. The number of benzene rings is 2. The van der Waals surface area contributed by atoms with Crippen LogP contribution in [0.4, 0.5) is 0 Å². The smallest absolute Gasteiger partial charge is 0.0459 e. The molecule has 0 amide bonds. The number of rotatable bonds is 4. The fourth-order valence-corrected chi connectivity index (χ4v) is 4.71. The lowest BCUT2D eigenvalue weighted by molar-refractivity contribution is 0.165. The minimum absolute atomic E-state index is 0.0772. The molecule has 2 aromatic rings. The highest BCUT2D eigenvalue weighted by Crippen LogP contribution is 2.43. The summed E-state index contributed by atoms with van der Waals surface area (Å²) < 4.78 is 0. The first-order chi connectivity index (χ1) is 14.0. The van der Waals surface area contributed by atoms with Gasteiger partial charge in [0.15, 0.2) is 0 Å². The van der Waals surface area contributed by atoms with Crippen LogP contribution in [0.2, 0.25) is 15.1 Å². The van der Waals surface area contributed by atoms with E-state index in [4.69, 9.17) is 34.8 Å². The number of allylic oxidation sites excluding steroid dienone is 2. The van der Waals surface area contributed by atoms with Gasteiger partial charge in [-0.05, 0) is 60.0 Å². The Morgan fingerprint density at radius 3 is 2.28 bits per heavy atom. The molecule has 5 heteroatoms. The zero-order valence-electron chi connectivity index (χ0n) is 16.4. The third-order valence-electron chi connectivity index (χ3n) is 5.70. The van der Waals surface area contributed by atoms with Crippen LogP contribution in [0.15, 0.2) is 60.2 Å². The van der Waals surface area contributed by atoms with Gasteiger partial charge < -0.3 is 4.90 Å². The highest BCUT2D eigenvalue weighted by atomic mass is 35.5. The van der Waals surface area contributed by atoms with Gasteiger partial charge in [-0.15, -0.1) is 0 Å². The van der Waals surface area contributed by atoms with Crippen molar-refractivity contribution in [1.29, 1.82) is 0 Å². The lowest BCUT2D eigenvalue weighted by Gasteiger charge is -2.35. The largest absolute Gasteiger partial charge is 0.304 e. The molecular weight excluding hydrogens is 423 g/mol. The predicted molar refractivity (Wildman–Crippen MR) is 125 cm³/mol. The highest BCUT2D eigenvalue weighted by molar-refractivity contribution is 6.35. The lowest BCUT2D eigenvalue weighted by Crippen LogP contribution is -2.45. The summed E-state index contributed by atoms with van der Waals surface area (Å²) in [4.78, 5) is 4.91. The summed E-state index contributed by atoms with van der Waals surface area (Å²) in [6, 6.07) is 13.9. The summed E-state index contributed by atoms with van der Waals surface area (Å²) in [5.74, 6) is 0.0772. The topological polar surface area (TPSA) is 6.48 Å². The Labute approximate surface area is 188 Å². The van der Waals surface area contributed by atoms with Gasteiger partial charge in [0.1, 0.15) is 0 Å². The number of hydrogen-bond acceptors (Lipinski definition) is 2. The molecule has 4 rings (SSSR count). The molecule has 2 aliphatic rings. The average molecular weight is 447 g/mol. The summed E-state index contributed by atoms with van der Waals surface area (Å²) >= 11 is 18.9. The second-order valence-corrected chi connectivity index (χ2v) is 9.00. The quantitative estimate of drug-likeness (QED) is 0.551. The van der Waals surface area contributed by atoms with E-state index in [-0.39, 0.29) is 5.92 Å². The van der Waals surface area contributed by atoms with Crippen LogP contribution in [0.5, 0.6) is 0 Å². The molecule has 0 saturated carbocycles. The molecule has 1 aliphatic carbocycles. The van der Waals surface area contributed by atoms with Crippen molar-refractivity contribution in [2.75, 3.05) is 39.8 Å². The summed E-state index contributed by atoms with van der Waals surface area (Å²) in [5.41, 5.74) is 4.86. The van der Waals surface area contributed by atoms with Crippen LogP contribution in [0.3, 0.4) is 0 Å². The van der Waals surface area contributed by atoms with Crippen molar-refractivity contribution in [3.8, 4) is 0 Å². The van der Waals surface area contributed by atoms with E-state index in [9.17, 15) is 0 Å². The minimum Gasteiger partial charge on any atom is -0.304 e. The average Bonchev–Trinajstić information content (AvgIpc) is 2.71. The Morgan fingerprint density at radius 2 is 1.59 bits per heavy atom. The van der Waals surface area contributed by atoms with E-state index < -0.39 is 0 Å². The molecule has 1 aliphatic heterocycles. The van der Waals surface area contributed by atoms with Gasteiger partial charge in [-0.1, -0.05) is 65.2 Å². The standard InChI is InChI=1S/C24H24Cl3N2/c1-28-11-13-29(14-12-28)16-18-3-2-4-22(21-10-9-20(26)15-23(21)27)24(18)17-5-7-19(25)8-6-17/h2-10,15,22H,11-14,16H2,1H3. The van der Waals surface area contributed by atoms with Crippen LogP contribution < -0.4 is 0 Å². The van der Waals surface area contributed by atoms with Crippen LogP contribution in [0.25, 0.3) is 5.57 Å². The first-order valence-corrected chi connectivity index (χ1v) is 11.0. The number of hydrogen-bond donors (Lipinski definition) is 0. The van der Waals surface area contributed by atoms with Gasteiger partial charge in [-0.25, -0.2) is 0 Å². The van der Waals surface area contributed by atoms with Crippen LogP contribution >= 0.6 is 34.8 Å². The van der Waals surface area contributed by atoms with Gasteiger partial charge in [0.2, 0.25) is 0 Å². The van der Waals surface area contributed by atoms with E-state index in [1.807, 2.05) is 30.3 Å². The van der Waals surface area contributed by atoms with Gasteiger partial charge in [-0.2, -0.15) is 0 Å². The van der Waals surface area contributed by atoms with E-state index >= 15 is 0 Å².